The molecule has 22 heavy (non-hydrogen) atoms. The van der Waals surface area contributed by atoms with E-state index in [9.17, 15) is 4.79 Å². The predicted octanol–water partition coefficient (Wildman–Crippen LogP) is 2.20. The highest BCUT2D eigenvalue weighted by molar-refractivity contribution is 5.94. The normalized spacial score (nSPS) is 15.6. The smallest absolute Gasteiger partial charge is 0.257 e. The summed E-state index contributed by atoms with van der Waals surface area (Å²) in [6.45, 7) is 0. The third-order valence-corrected chi connectivity index (χ3v) is 3.90. The van der Waals surface area contributed by atoms with Gasteiger partial charge in [0.25, 0.3) is 11.8 Å². The highest BCUT2D eigenvalue weighted by atomic mass is 35.5. The van der Waals surface area contributed by atoms with E-state index in [1.807, 2.05) is 0 Å². The molecule has 1 saturated carbocycles. The molecule has 2 aromatic rings. The number of hydrogen-bond donors (Lipinski definition) is 1. The van der Waals surface area contributed by atoms with E-state index >= 15 is 0 Å². The largest absolute Gasteiger partial charge is 0.345 e. The Hall–Kier alpha value is -1.92. The van der Waals surface area contributed by atoms with E-state index in [4.69, 9.17) is 10.3 Å². The van der Waals surface area contributed by atoms with Gasteiger partial charge < -0.3 is 15.2 Å². The Bertz CT molecular complexity index is 662. The van der Waals surface area contributed by atoms with Crippen LogP contribution < -0.4 is 5.73 Å². The van der Waals surface area contributed by atoms with E-state index in [0.29, 0.717) is 17.3 Å². The quantitative estimate of drug-likeness (QED) is 0.936. The average Bonchev–Trinajstić information content (AvgIpc) is 2.94. The van der Waals surface area contributed by atoms with Crippen molar-refractivity contribution in [1.29, 1.82) is 0 Å². The zero-order valence-corrected chi connectivity index (χ0v) is 13.4. The summed E-state index contributed by atoms with van der Waals surface area (Å²) in [5.41, 5.74) is 7.16. The molecule has 1 aliphatic rings. The van der Waals surface area contributed by atoms with Crippen molar-refractivity contribution >= 4 is 18.3 Å². The molecular formula is C15H19ClN4O2. The first kappa shape index (κ1) is 16.5. The van der Waals surface area contributed by atoms with Gasteiger partial charge in [-0.15, -0.1) is 12.4 Å². The van der Waals surface area contributed by atoms with Gasteiger partial charge in [0.2, 0.25) is 0 Å². The van der Waals surface area contributed by atoms with Gasteiger partial charge in [0.1, 0.15) is 0 Å². The maximum atomic E-state index is 11.8. The fourth-order valence-electron chi connectivity index (χ4n) is 2.34. The van der Waals surface area contributed by atoms with Crippen LogP contribution in [0.2, 0.25) is 0 Å². The van der Waals surface area contributed by atoms with Crippen molar-refractivity contribution in [3.63, 3.8) is 0 Å². The number of rotatable bonds is 3. The van der Waals surface area contributed by atoms with Gasteiger partial charge in [-0.1, -0.05) is 5.16 Å². The number of carbonyl (C=O) groups is 1. The van der Waals surface area contributed by atoms with Crippen LogP contribution in [0.15, 0.2) is 28.8 Å². The number of hydrogen-bond acceptors (Lipinski definition) is 5. The molecule has 1 heterocycles. The maximum Gasteiger partial charge on any atom is 0.257 e. The van der Waals surface area contributed by atoms with E-state index in [0.717, 1.165) is 24.8 Å². The zero-order valence-electron chi connectivity index (χ0n) is 12.6. The highest BCUT2D eigenvalue weighted by Crippen LogP contribution is 2.37. The van der Waals surface area contributed by atoms with Crippen LogP contribution in [0.3, 0.4) is 0 Å². The van der Waals surface area contributed by atoms with Crippen LogP contribution in [0, 0.1) is 0 Å². The molecule has 2 N–H and O–H groups in total. The van der Waals surface area contributed by atoms with Crippen LogP contribution in [0.5, 0.6) is 0 Å². The monoisotopic (exact) mass is 322 g/mol. The SMILES string of the molecule is CN(C)C(=O)c1ccc(-c2nc(C3(N)CCC3)no2)cc1.Cl. The number of nitrogens with zero attached hydrogens (tertiary/aromatic N) is 3. The lowest BCUT2D eigenvalue weighted by atomic mass is 9.77. The first-order chi connectivity index (χ1) is 9.99. The minimum absolute atomic E-state index is 0. The van der Waals surface area contributed by atoms with E-state index in [2.05, 4.69) is 10.1 Å². The summed E-state index contributed by atoms with van der Waals surface area (Å²) in [5.74, 6) is 0.964. The number of benzene rings is 1. The molecule has 1 aromatic heterocycles. The van der Waals surface area contributed by atoms with Gasteiger partial charge >= 0.3 is 0 Å². The molecule has 0 aliphatic heterocycles. The molecule has 1 fully saturated rings. The van der Waals surface area contributed by atoms with Crippen LogP contribution in [0.1, 0.15) is 35.4 Å². The Labute approximate surface area is 135 Å². The van der Waals surface area contributed by atoms with E-state index < -0.39 is 5.54 Å². The van der Waals surface area contributed by atoms with Crippen molar-refractivity contribution < 1.29 is 9.32 Å². The summed E-state index contributed by atoms with van der Waals surface area (Å²) in [5, 5.41) is 3.99. The summed E-state index contributed by atoms with van der Waals surface area (Å²) in [4.78, 5) is 17.8. The minimum atomic E-state index is -0.428. The lowest BCUT2D eigenvalue weighted by Crippen LogP contribution is -2.44. The maximum absolute atomic E-state index is 11.8. The number of aromatic nitrogens is 2. The van der Waals surface area contributed by atoms with Crippen molar-refractivity contribution in [1.82, 2.24) is 15.0 Å². The predicted molar refractivity (Wildman–Crippen MR) is 84.7 cm³/mol. The van der Waals surface area contributed by atoms with Crippen LogP contribution in [0.25, 0.3) is 11.5 Å². The van der Waals surface area contributed by atoms with E-state index in [1.165, 1.54) is 4.90 Å². The minimum Gasteiger partial charge on any atom is -0.345 e. The number of amides is 1. The number of carbonyl (C=O) groups excluding carboxylic acids is 1. The molecule has 0 bridgehead atoms. The Balaban J connectivity index is 0.00000176. The van der Waals surface area contributed by atoms with Gasteiger partial charge in [-0.25, -0.2) is 0 Å². The van der Waals surface area contributed by atoms with Gasteiger partial charge in [-0.05, 0) is 43.5 Å². The summed E-state index contributed by atoms with van der Waals surface area (Å²) in [6, 6.07) is 7.11. The molecule has 1 aromatic carbocycles. The van der Waals surface area contributed by atoms with E-state index in [1.54, 1.807) is 38.4 Å². The fraction of sp³-hybridized carbons (Fsp3) is 0.400. The molecule has 1 amide bonds. The molecule has 0 atom stereocenters. The molecule has 0 unspecified atom stereocenters. The van der Waals surface area contributed by atoms with Gasteiger partial charge in [-0.3, -0.25) is 4.79 Å². The Morgan fingerprint density at radius 3 is 2.41 bits per heavy atom. The topological polar surface area (TPSA) is 85.2 Å². The van der Waals surface area contributed by atoms with Gasteiger partial charge in [0.05, 0.1) is 5.54 Å². The Morgan fingerprint density at radius 1 is 1.27 bits per heavy atom. The third-order valence-electron chi connectivity index (χ3n) is 3.90. The molecule has 0 saturated heterocycles. The van der Waals surface area contributed by atoms with Gasteiger partial charge in [-0.2, -0.15) is 4.98 Å². The number of halogens is 1. The highest BCUT2D eigenvalue weighted by Gasteiger charge is 2.39. The molecule has 0 spiro atoms. The van der Waals surface area contributed by atoms with E-state index in [-0.39, 0.29) is 18.3 Å². The van der Waals surface area contributed by atoms with Crippen LogP contribution in [-0.2, 0) is 5.54 Å². The Kier molecular flexibility index (Phi) is 4.53. The molecule has 1 aliphatic carbocycles. The number of nitrogens with two attached hydrogens (primary N) is 1. The first-order valence-corrected chi connectivity index (χ1v) is 6.95. The Morgan fingerprint density at radius 2 is 1.91 bits per heavy atom. The van der Waals surface area contributed by atoms with Crippen molar-refractivity contribution in [3.05, 3.63) is 35.7 Å². The second-order valence-corrected chi connectivity index (χ2v) is 5.71. The molecule has 118 valence electrons. The lowest BCUT2D eigenvalue weighted by molar-refractivity contribution is 0.0827. The zero-order chi connectivity index (χ0) is 15.0. The summed E-state index contributed by atoms with van der Waals surface area (Å²) < 4.78 is 5.28. The molecule has 0 radical (unpaired) electrons. The molecule has 3 rings (SSSR count). The average molecular weight is 323 g/mol. The summed E-state index contributed by atoms with van der Waals surface area (Å²) in [6.07, 6.45) is 2.88. The van der Waals surface area contributed by atoms with Crippen LogP contribution in [-0.4, -0.2) is 35.0 Å². The van der Waals surface area contributed by atoms with Crippen LogP contribution >= 0.6 is 12.4 Å². The van der Waals surface area contributed by atoms with Crippen molar-refractivity contribution in [3.8, 4) is 11.5 Å². The van der Waals surface area contributed by atoms with Crippen LogP contribution in [0.4, 0.5) is 0 Å². The first-order valence-electron chi connectivity index (χ1n) is 6.95. The van der Waals surface area contributed by atoms with Gasteiger partial charge in [0.15, 0.2) is 5.82 Å². The molecule has 6 nitrogen and oxygen atoms in total. The second-order valence-electron chi connectivity index (χ2n) is 5.71. The van der Waals surface area contributed by atoms with Crippen molar-refractivity contribution in [2.45, 2.75) is 24.8 Å². The third kappa shape index (κ3) is 2.84. The summed E-state index contributed by atoms with van der Waals surface area (Å²) >= 11 is 0. The molecule has 7 heteroatoms. The standard InChI is InChI=1S/C15H18N4O2.ClH/c1-19(2)13(20)11-6-4-10(5-7-11)12-17-14(18-21-12)15(16)8-3-9-15;/h4-7H,3,8-9,16H2,1-2H3;1H. The second kappa shape index (κ2) is 6.06. The summed E-state index contributed by atoms with van der Waals surface area (Å²) in [7, 11) is 3.44. The van der Waals surface area contributed by atoms with Crippen molar-refractivity contribution in [2.75, 3.05) is 14.1 Å². The molecular weight excluding hydrogens is 304 g/mol. The van der Waals surface area contributed by atoms with Gasteiger partial charge in [0, 0.05) is 25.2 Å². The fourth-order valence-corrected chi connectivity index (χ4v) is 2.34. The lowest BCUT2D eigenvalue weighted by Gasteiger charge is -2.34. The van der Waals surface area contributed by atoms with Crippen molar-refractivity contribution in [2.24, 2.45) is 5.73 Å².